The van der Waals surface area contributed by atoms with Gasteiger partial charge in [-0.05, 0) is 29.2 Å². The molecule has 0 bridgehead atoms. The van der Waals surface area contributed by atoms with Gasteiger partial charge >= 0.3 is 0 Å². The standard InChI is InChI=1S/C15H20N2O3S/c1-10-8-15(18)17-16-13(10)6-4-11-9-12(21(3)19)5-7-14(11)20-2/h4-7,9-10,13,16H,8H2,1-3H3,(H,17,18)/b6-4+. The van der Waals surface area contributed by atoms with Crippen LogP contribution in [-0.2, 0) is 16.0 Å². The quantitative estimate of drug-likeness (QED) is 0.826. The molecule has 2 rings (SSSR count). The smallest absolute Gasteiger partial charge is 0.234 e. The second kappa shape index (κ2) is 6.98. The van der Waals surface area contributed by atoms with Gasteiger partial charge in [0, 0.05) is 24.1 Å². The summed E-state index contributed by atoms with van der Waals surface area (Å²) >= 11 is -1.03. The van der Waals surface area contributed by atoms with Crippen molar-refractivity contribution in [2.45, 2.75) is 24.3 Å². The number of hydrogen-bond acceptors (Lipinski definition) is 4. The molecule has 1 aromatic carbocycles. The topological polar surface area (TPSA) is 73.4 Å². The number of nitrogens with one attached hydrogen (secondary N) is 2. The van der Waals surface area contributed by atoms with Crippen LogP contribution in [0.2, 0.25) is 0 Å². The Morgan fingerprint density at radius 1 is 1.48 bits per heavy atom. The molecule has 2 N–H and O–H groups in total. The fraction of sp³-hybridized carbons (Fsp3) is 0.400. The Kier molecular flexibility index (Phi) is 5.27. The second-order valence-corrected chi connectivity index (χ2v) is 6.50. The number of hydrazine groups is 1. The molecule has 114 valence electrons. The molecule has 1 fully saturated rings. The molecule has 0 aliphatic carbocycles. The van der Waals surface area contributed by atoms with Gasteiger partial charge in [0.2, 0.25) is 5.91 Å². The predicted molar refractivity (Wildman–Crippen MR) is 83.2 cm³/mol. The highest BCUT2D eigenvalue weighted by Gasteiger charge is 2.23. The molecule has 0 saturated carbocycles. The van der Waals surface area contributed by atoms with E-state index in [0.29, 0.717) is 6.42 Å². The van der Waals surface area contributed by atoms with E-state index in [1.165, 1.54) is 0 Å². The van der Waals surface area contributed by atoms with Gasteiger partial charge in [0.05, 0.1) is 7.11 Å². The molecule has 1 aromatic rings. The van der Waals surface area contributed by atoms with Crippen molar-refractivity contribution < 1.29 is 14.1 Å². The number of benzene rings is 1. The summed E-state index contributed by atoms with van der Waals surface area (Å²) in [5.74, 6) is 0.950. The van der Waals surface area contributed by atoms with Gasteiger partial charge in [-0.1, -0.05) is 19.1 Å². The first-order chi connectivity index (χ1) is 10.0. The van der Waals surface area contributed by atoms with Crippen molar-refractivity contribution in [1.82, 2.24) is 10.9 Å². The summed E-state index contributed by atoms with van der Waals surface area (Å²) in [6.45, 7) is 2.02. The van der Waals surface area contributed by atoms with Crippen LogP contribution in [0, 0.1) is 5.92 Å². The summed E-state index contributed by atoms with van der Waals surface area (Å²) in [5, 5.41) is 0. The van der Waals surface area contributed by atoms with E-state index < -0.39 is 11.2 Å². The summed E-state index contributed by atoms with van der Waals surface area (Å²) in [5.41, 5.74) is 6.48. The minimum absolute atomic E-state index is 0.00751. The molecule has 3 unspecified atom stereocenters. The molecular weight excluding hydrogens is 288 g/mol. The Labute approximate surface area is 127 Å². The molecule has 1 amide bonds. The molecule has 0 radical (unpaired) electrons. The maximum Gasteiger partial charge on any atom is 0.234 e. The molecule has 6 heteroatoms. The zero-order valence-corrected chi connectivity index (χ0v) is 13.2. The van der Waals surface area contributed by atoms with Crippen LogP contribution in [0.4, 0.5) is 0 Å². The normalized spacial score (nSPS) is 23.9. The van der Waals surface area contributed by atoms with Crippen LogP contribution in [0.5, 0.6) is 5.75 Å². The van der Waals surface area contributed by atoms with E-state index >= 15 is 0 Å². The molecule has 21 heavy (non-hydrogen) atoms. The monoisotopic (exact) mass is 308 g/mol. The van der Waals surface area contributed by atoms with E-state index in [2.05, 4.69) is 10.9 Å². The van der Waals surface area contributed by atoms with E-state index in [4.69, 9.17) is 4.74 Å². The van der Waals surface area contributed by atoms with E-state index in [1.807, 2.05) is 31.2 Å². The van der Waals surface area contributed by atoms with Crippen LogP contribution in [0.3, 0.4) is 0 Å². The molecular formula is C15H20N2O3S. The Balaban J connectivity index is 2.19. The van der Waals surface area contributed by atoms with Gasteiger partial charge < -0.3 is 9.29 Å². The number of methoxy groups -OCH3 is 1. The van der Waals surface area contributed by atoms with Crippen LogP contribution in [0.15, 0.2) is 29.2 Å². The van der Waals surface area contributed by atoms with Gasteiger partial charge in [0.15, 0.2) is 4.90 Å². The summed E-state index contributed by atoms with van der Waals surface area (Å²) in [7, 11) is 1.61. The Hall–Kier alpha value is -1.50. The third-order valence-electron chi connectivity index (χ3n) is 3.51. The van der Waals surface area contributed by atoms with Crippen LogP contribution in [-0.4, -0.2) is 29.9 Å². The molecule has 3 atom stereocenters. The first-order valence-electron chi connectivity index (χ1n) is 6.75. The summed E-state index contributed by atoms with van der Waals surface area (Å²) in [4.78, 5) is 12.0. The second-order valence-electron chi connectivity index (χ2n) is 5.12. The largest absolute Gasteiger partial charge is 0.612 e. The summed E-state index contributed by atoms with van der Waals surface area (Å²) in [6, 6.07) is 5.53. The Morgan fingerprint density at radius 3 is 2.86 bits per heavy atom. The van der Waals surface area contributed by atoms with Crippen molar-refractivity contribution in [3.8, 4) is 5.75 Å². The predicted octanol–water partition coefficient (Wildman–Crippen LogP) is 1.47. The average molecular weight is 308 g/mol. The maximum absolute atomic E-state index is 11.6. The highest BCUT2D eigenvalue weighted by molar-refractivity contribution is 7.90. The van der Waals surface area contributed by atoms with E-state index in [-0.39, 0.29) is 17.9 Å². The van der Waals surface area contributed by atoms with Crippen LogP contribution in [0.25, 0.3) is 6.08 Å². The summed E-state index contributed by atoms with van der Waals surface area (Å²) < 4.78 is 16.9. The zero-order chi connectivity index (χ0) is 15.4. The fourth-order valence-corrected chi connectivity index (χ4v) is 2.80. The average Bonchev–Trinajstić information content (AvgIpc) is 2.46. The van der Waals surface area contributed by atoms with Crippen molar-refractivity contribution in [3.05, 3.63) is 29.8 Å². The first kappa shape index (κ1) is 15.9. The lowest BCUT2D eigenvalue weighted by molar-refractivity contribution is -0.125. The SMILES string of the molecule is COc1ccc([S+](C)[O-])cc1/C=C/C1NNC(=O)CC1C. The van der Waals surface area contributed by atoms with Gasteiger partial charge in [-0.3, -0.25) is 10.2 Å². The molecule has 1 heterocycles. The lowest BCUT2D eigenvalue weighted by Crippen LogP contribution is -2.52. The third-order valence-corrected chi connectivity index (χ3v) is 4.43. The van der Waals surface area contributed by atoms with Gasteiger partial charge in [0.1, 0.15) is 12.0 Å². The highest BCUT2D eigenvalue weighted by atomic mass is 32.2. The van der Waals surface area contributed by atoms with Gasteiger partial charge in [-0.2, -0.15) is 0 Å². The van der Waals surface area contributed by atoms with Crippen molar-refractivity contribution in [2.24, 2.45) is 5.92 Å². The van der Waals surface area contributed by atoms with Crippen molar-refractivity contribution in [2.75, 3.05) is 13.4 Å². The minimum atomic E-state index is -1.03. The van der Waals surface area contributed by atoms with E-state index in [0.717, 1.165) is 16.2 Å². The van der Waals surface area contributed by atoms with Gasteiger partial charge in [-0.25, -0.2) is 5.43 Å². The van der Waals surface area contributed by atoms with Crippen molar-refractivity contribution in [1.29, 1.82) is 0 Å². The summed E-state index contributed by atoms with van der Waals surface area (Å²) in [6.07, 6.45) is 6.07. The van der Waals surface area contributed by atoms with Crippen LogP contribution in [0.1, 0.15) is 18.9 Å². The van der Waals surface area contributed by atoms with Crippen molar-refractivity contribution >= 4 is 23.2 Å². The van der Waals surface area contributed by atoms with Gasteiger partial charge in [-0.15, -0.1) is 0 Å². The fourth-order valence-electron chi connectivity index (χ4n) is 2.24. The lowest BCUT2D eigenvalue weighted by atomic mass is 9.96. The molecule has 1 aliphatic rings. The third kappa shape index (κ3) is 4.00. The van der Waals surface area contributed by atoms with E-state index in [1.54, 1.807) is 19.4 Å². The van der Waals surface area contributed by atoms with E-state index in [9.17, 15) is 9.35 Å². The Bertz CT molecular complexity index is 546. The highest BCUT2D eigenvalue weighted by Crippen LogP contribution is 2.24. The molecule has 0 aromatic heterocycles. The van der Waals surface area contributed by atoms with Crippen molar-refractivity contribution in [3.63, 3.8) is 0 Å². The Morgan fingerprint density at radius 2 is 2.24 bits per heavy atom. The van der Waals surface area contributed by atoms with Crippen LogP contribution >= 0.6 is 0 Å². The van der Waals surface area contributed by atoms with Crippen LogP contribution < -0.4 is 15.6 Å². The maximum atomic E-state index is 11.6. The lowest BCUT2D eigenvalue weighted by Gasteiger charge is -2.27. The number of rotatable bonds is 4. The number of carbonyl (C=O) groups excluding carboxylic acids is 1. The first-order valence-corrected chi connectivity index (χ1v) is 8.31. The molecule has 0 spiro atoms. The minimum Gasteiger partial charge on any atom is -0.612 e. The molecule has 1 saturated heterocycles. The zero-order valence-electron chi connectivity index (χ0n) is 12.4. The number of ether oxygens (including phenoxy) is 1. The molecule has 5 nitrogen and oxygen atoms in total. The molecule has 1 aliphatic heterocycles. The number of carbonyl (C=O) groups is 1. The van der Waals surface area contributed by atoms with Gasteiger partial charge in [0.25, 0.3) is 0 Å². The number of amides is 1. The number of hydrogen-bond donors (Lipinski definition) is 2.